The van der Waals surface area contributed by atoms with Crippen LogP contribution < -0.4 is 0 Å². The van der Waals surface area contributed by atoms with Gasteiger partial charge in [0.15, 0.2) is 0 Å². The van der Waals surface area contributed by atoms with E-state index in [0.29, 0.717) is 11.1 Å². The molecular weight excluding hydrogens is 183 g/mol. The molecule has 0 bridgehead atoms. The summed E-state index contributed by atoms with van der Waals surface area (Å²) in [6.45, 7) is 1.64. The lowest BCUT2D eigenvalue weighted by molar-refractivity contribution is -0.133. The molecule has 0 saturated heterocycles. The average Bonchev–Trinajstić information content (AvgIpc) is 2.19. The molecule has 0 aliphatic carbocycles. The minimum Gasteiger partial charge on any atom is -0.459 e. The lowest BCUT2D eigenvalue weighted by Gasteiger charge is -1.95. The number of methoxy groups -OCH3 is 1. The van der Waals surface area contributed by atoms with Crippen molar-refractivity contribution in [3.63, 3.8) is 0 Å². The molecule has 1 rings (SSSR count). The van der Waals surface area contributed by atoms with Gasteiger partial charge in [0.2, 0.25) is 0 Å². The Kier molecular flexibility index (Phi) is 3.24. The molecule has 0 aliphatic rings. The number of halogens is 1. The second-order valence-electron chi connectivity index (χ2n) is 2.71. The summed E-state index contributed by atoms with van der Waals surface area (Å²) < 4.78 is 17.2. The molecule has 0 aliphatic heterocycles. The summed E-state index contributed by atoms with van der Waals surface area (Å²) in [5.41, 5.74) is 1.09. The summed E-state index contributed by atoms with van der Waals surface area (Å²) >= 11 is 0. The number of carbonyl (C=O) groups excluding carboxylic acids is 1. The molecule has 0 fully saturated rings. The Morgan fingerprint density at radius 2 is 2.21 bits per heavy atom. The van der Waals surface area contributed by atoms with Crippen LogP contribution in [-0.2, 0) is 9.53 Å². The third-order valence-corrected chi connectivity index (χ3v) is 1.65. The monoisotopic (exact) mass is 192 g/mol. The summed E-state index contributed by atoms with van der Waals surface area (Å²) in [5, 5.41) is 0. The van der Waals surface area contributed by atoms with Crippen LogP contribution in [0.3, 0.4) is 0 Å². The van der Waals surface area contributed by atoms with E-state index in [-0.39, 0.29) is 5.82 Å². The predicted molar refractivity (Wildman–Crippen MR) is 50.0 cm³/mol. The van der Waals surface area contributed by atoms with Crippen molar-refractivity contribution in [2.24, 2.45) is 0 Å². The third-order valence-electron chi connectivity index (χ3n) is 1.65. The topological polar surface area (TPSA) is 26.3 Å². The predicted octanol–water partition coefficient (Wildman–Crippen LogP) is 1.66. The Morgan fingerprint density at radius 1 is 1.50 bits per heavy atom. The molecule has 0 saturated carbocycles. The van der Waals surface area contributed by atoms with E-state index in [2.05, 4.69) is 16.6 Å². The minimum absolute atomic E-state index is 0.284. The summed E-state index contributed by atoms with van der Waals surface area (Å²) in [6.07, 6.45) is 0. The average molecular weight is 192 g/mol. The maximum atomic E-state index is 12.8. The standard InChI is InChI=1S/C11H9FO2/c1-8-7-9(3-5-10(8)12)4-6-11(13)14-2/h3,5,7H,1-2H3. The molecule has 0 N–H and O–H groups in total. The highest BCUT2D eigenvalue weighted by molar-refractivity contribution is 5.88. The lowest BCUT2D eigenvalue weighted by Crippen LogP contribution is -1.94. The van der Waals surface area contributed by atoms with Crippen LogP contribution in [-0.4, -0.2) is 13.1 Å². The number of carbonyl (C=O) groups is 1. The van der Waals surface area contributed by atoms with Crippen LogP contribution in [0.1, 0.15) is 11.1 Å². The van der Waals surface area contributed by atoms with Crippen LogP contribution in [0, 0.1) is 24.6 Å². The van der Waals surface area contributed by atoms with Gasteiger partial charge in [0.1, 0.15) is 5.82 Å². The first kappa shape index (κ1) is 10.3. The summed E-state index contributed by atoms with van der Waals surface area (Å²) in [5.74, 6) is 3.95. The molecule has 2 nitrogen and oxygen atoms in total. The maximum Gasteiger partial charge on any atom is 0.384 e. The van der Waals surface area contributed by atoms with Crippen molar-refractivity contribution in [1.29, 1.82) is 0 Å². The smallest absolute Gasteiger partial charge is 0.384 e. The number of hydrogen-bond donors (Lipinski definition) is 0. The van der Waals surface area contributed by atoms with E-state index < -0.39 is 5.97 Å². The molecule has 0 radical (unpaired) electrons. The van der Waals surface area contributed by atoms with Crippen LogP contribution in [0.15, 0.2) is 18.2 Å². The quantitative estimate of drug-likeness (QED) is 0.461. The molecule has 72 valence electrons. The van der Waals surface area contributed by atoms with E-state index in [9.17, 15) is 9.18 Å². The highest BCUT2D eigenvalue weighted by Crippen LogP contribution is 2.07. The van der Waals surface area contributed by atoms with Crippen LogP contribution in [0.5, 0.6) is 0 Å². The highest BCUT2D eigenvalue weighted by atomic mass is 19.1. The molecule has 0 atom stereocenters. The summed E-state index contributed by atoms with van der Waals surface area (Å²) in [4.78, 5) is 10.7. The largest absolute Gasteiger partial charge is 0.459 e. The van der Waals surface area contributed by atoms with Crippen LogP contribution >= 0.6 is 0 Å². The Balaban J connectivity index is 2.91. The number of esters is 1. The summed E-state index contributed by atoms with van der Waals surface area (Å²) in [7, 11) is 1.26. The van der Waals surface area contributed by atoms with E-state index in [1.54, 1.807) is 13.0 Å². The third kappa shape index (κ3) is 2.60. The van der Waals surface area contributed by atoms with E-state index in [4.69, 9.17) is 0 Å². The molecule has 0 heterocycles. The second kappa shape index (κ2) is 4.43. The van der Waals surface area contributed by atoms with Crippen LogP contribution in [0.4, 0.5) is 4.39 Å². The molecule has 3 heteroatoms. The van der Waals surface area contributed by atoms with E-state index >= 15 is 0 Å². The Hall–Kier alpha value is -1.82. The van der Waals surface area contributed by atoms with Gasteiger partial charge in [0, 0.05) is 11.5 Å². The second-order valence-corrected chi connectivity index (χ2v) is 2.71. The van der Waals surface area contributed by atoms with Crippen molar-refractivity contribution in [3.05, 3.63) is 35.1 Å². The molecule has 0 unspecified atom stereocenters. The van der Waals surface area contributed by atoms with Crippen molar-refractivity contribution < 1.29 is 13.9 Å². The van der Waals surface area contributed by atoms with Crippen LogP contribution in [0.2, 0.25) is 0 Å². The van der Waals surface area contributed by atoms with Gasteiger partial charge in [-0.2, -0.15) is 0 Å². The lowest BCUT2D eigenvalue weighted by atomic mass is 10.1. The van der Waals surface area contributed by atoms with Gasteiger partial charge in [0.25, 0.3) is 0 Å². The highest BCUT2D eigenvalue weighted by Gasteiger charge is 1.96. The first-order valence-corrected chi connectivity index (χ1v) is 3.99. The molecular formula is C11H9FO2. The number of benzene rings is 1. The first-order valence-electron chi connectivity index (χ1n) is 3.99. The maximum absolute atomic E-state index is 12.8. The molecule has 1 aromatic rings. The van der Waals surface area contributed by atoms with E-state index in [0.717, 1.165) is 0 Å². The van der Waals surface area contributed by atoms with Crippen molar-refractivity contribution in [3.8, 4) is 11.8 Å². The fraction of sp³-hybridized carbons (Fsp3) is 0.182. The minimum atomic E-state index is -0.605. The van der Waals surface area contributed by atoms with Gasteiger partial charge in [0.05, 0.1) is 7.11 Å². The van der Waals surface area contributed by atoms with Crippen LogP contribution in [0.25, 0.3) is 0 Å². The zero-order valence-electron chi connectivity index (χ0n) is 7.93. The Bertz CT molecular complexity index is 413. The number of aryl methyl sites for hydroxylation is 1. The van der Waals surface area contributed by atoms with Gasteiger partial charge in [-0.05, 0) is 30.7 Å². The normalized spacial score (nSPS) is 8.79. The molecule has 0 spiro atoms. The van der Waals surface area contributed by atoms with E-state index in [1.165, 1.54) is 19.2 Å². The summed E-state index contributed by atoms with van der Waals surface area (Å²) in [6, 6.07) is 4.40. The number of rotatable bonds is 0. The van der Waals surface area contributed by atoms with E-state index in [1.807, 2.05) is 0 Å². The van der Waals surface area contributed by atoms with Gasteiger partial charge in [-0.3, -0.25) is 0 Å². The fourth-order valence-corrected chi connectivity index (χ4v) is 0.897. The molecule has 0 amide bonds. The van der Waals surface area contributed by atoms with Gasteiger partial charge in [-0.1, -0.05) is 5.92 Å². The SMILES string of the molecule is COC(=O)C#Cc1ccc(F)c(C)c1. The molecule has 0 aromatic heterocycles. The van der Waals surface area contributed by atoms with Gasteiger partial charge in [-0.15, -0.1) is 0 Å². The first-order chi connectivity index (χ1) is 6.63. The molecule has 14 heavy (non-hydrogen) atoms. The van der Waals surface area contributed by atoms with Crippen molar-refractivity contribution >= 4 is 5.97 Å². The van der Waals surface area contributed by atoms with Gasteiger partial charge < -0.3 is 4.74 Å². The number of ether oxygens (including phenoxy) is 1. The molecule has 1 aromatic carbocycles. The zero-order valence-corrected chi connectivity index (χ0v) is 7.93. The Labute approximate surface area is 81.7 Å². The van der Waals surface area contributed by atoms with Crippen molar-refractivity contribution in [2.45, 2.75) is 6.92 Å². The fourth-order valence-electron chi connectivity index (χ4n) is 0.897. The van der Waals surface area contributed by atoms with Crippen molar-refractivity contribution in [1.82, 2.24) is 0 Å². The van der Waals surface area contributed by atoms with Crippen molar-refractivity contribution in [2.75, 3.05) is 7.11 Å². The van der Waals surface area contributed by atoms with Gasteiger partial charge in [-0.25, -0.2) is 9.18 Å². The Morgan fingerprint density at radius 3 is 2.79 bits per heavy atom. The van der Waals surface area contributed by atoms with Gasteiger partial charge >= 0.3 is 5.97 Å². The number of hydrogen-bond acceptors (Lipinski definition) is 2. The zero-order chi connectivity index (χ0) is 10.6.